The molecule has 3 aromatic rings. The number of hydrogen-bond acceptors (Lipinski definition) is 4. The van der Waals surface area contributed by atoms with E-state index in [1.54, 1.807) is 12.1 Å². The van der Waals surface area contributed by atoms with Crippen LogP contribution in [0.3, 0.4) is 0 Å². The summed E-state index contributed by atoms with van der Waals surface area (Å²) in [6.07, 6.45) is 0.424. The van der Waals surface area contributed by atoms with Crippen molar-refractivity contribution in [3.05, 3.63) is 105 Å². The molecule has 3 aromatic carbocycles. The number of nitrogens with one attached hydrogen (secondary N) is 1. The Morgan fingerprint density at radius 3 is 2.26 bits per heavy atom. The lowest BCUT2D eigenvalue weighted by Crippen LogP contribution is -2.30. The van der Waals surface area contributed by atoms with Crippen LogP contribution in [0.25, 0.3) is 0 Å². The molecule has 0 spiro atoms. The molecule has 1 heterocycles. The Morgan fingerprint density at radius 1 is 1.03 bits per heavy atom. The zero-order valence-electron chi connectivity index (χ0n) is 19.6. The fourth-order valence-electron chi connectivity index (χ4n) is 3.72. The Morgan fingerprint density at radius 2 is 1.66 bits per heavy atom. The molecule has 1 aliphatic heterocycles. The number of rotatable bonds is 5. The predicted molar refractivity (Wildman–Crippen MR) is 142 cm³/mol. The first-order valence-corrected chi connectivity index (χ1v) is 12.4. The predicted octanol–water partition coefficient (Wildman–Crippen LogP) is 6.33. The van der Waals surface area contributed by atoms with E-state index in [4.69, 9.17) is 11.6 Å². The van der Waals surface area contributed by atoms with Crippen molar-refractivity contribution in [3.63, 3.8) is 0 Å². The van der Waals surface area contributed by atoms with Crippen molar-refractivity contribution in [1.82, 2.24) is 0 Å². The minimum absolute atomic E-state index is 0.103. The average molecular weight is 502 g/mol. The number of thioether (sulfide) groups is 1. The lowest BCUT2D eigenvalue weighted by atomic mass is 10.1. The van der Waals surface area contributed by atoms with Crippen LogP contribution >= 0.6 is 23.4 Å². The number of amides is 2. The monoisotopic (exact) mass is 501 g/mol. The molecule has 0 bridgehead atoms. The standard InChI is InChI=1S/C28H24ClN3O2S/c1-17-4-10-21(11-5-17)31-26(33)23(16-30)28-32(22-12-6-18(2)7-13-22)27(34)25(35-28)15-20-9-8-19(3)24(29)14-20/h4-14,25H,15H2,1-3H3,(H,31,33)/b28-23-/t25-/m1/s1. The average Bonchev–Trinajstić information content (AvgIpc) is 3.14. The molecule has 1 aliphatic rings. The van der Waals surface area contributed by atoms with Gasteiger partial charge in [0.1, 0.15) is 16.7 Å². The van der Waals surface area contributed by atoms with Crippen LogP contribution in [-0.4, -0.2) is 17.1 Å². The van der Waals surface area contributed by atoms with Gasteiger partial charge in [0.05, 0.1) is 5.25 Å². The first-order valence-electron chi connectivity index (χ1n) is 11.1. The number of hydrogen-bond donors (Lipinski definition) is 1. The van der Waals surface area contributed by atoms with Gasteiger partial charge in [-0.05, 0) is 68.7 Å². The van der Waals surface area contributed by atoms with E-state index >= 15 is 0 Å². The van der Waals surface area contributed by atoms with Crippen molar-refractivity contribution >= 4 is 46.6 Å². The van der Waals surface area contributed by atoms with Crippen molar-refractivity contribution in [1.29, 1.82) is 5.26 Å². The second-order valence-corrected chi connectivity index (χ2v) is 10.1. The van der Waals surface area contributed by atoms with Crippen molar-refractivity contribution < 1.29 is 9.59 Å². The first-order chi connectivity index (χ1) is 16.8. The molecule has 4 rings (SSSR count). The largest absolute Gasteiger partial charge is 0.321 e. The van der Waals surface area contributed by atoms with Gasteiger partial charge >= 0.3 is 0 Å². The molecule has 0 unspecified atom stereocenters. The summed E-state index contributed by atoms with van der Waals surface area (Å²) in [6, 6.07) is 22.5. The smallest absolute Gasteiger partial charge is 0.269 e. The highest BCUT2D eigenvalue weighted by Gasteiger charge is 2.40. The summed E-state index contributed by atoms with van der Waals surface area (Å²) >= 11 is 7.53. The maximum absolute atomic E-state index is 13.6. The second-order valence-electron chi connectivity index (χ2n) is 8.52. The van der Waals surface area contributed by atoms with Crippen LogP contribution in [0.5, 0.6) is 0 Å². The van der Waals surface area contributed by atoms with Gasteiger partial charge in [0.15, 0.2) is 0 Å². The van der Waals surface area contributed by atoms with Gasteiger partial charge in [0, 0.05) is 16.4 Å². The number of halogens is 1. The third-order valence-corrected chi connectivity index (χ3v) is 7.43. The van der Waals surface area contributed by atoms with Crippen LogP contribution < -0.4 is 10.2 Å². The van der Waals surface area contributed by atoms with Gasteiger partial charge in [0.25, 0.3) is 5.91 Å². The van der Waals surface area contributed by atoms with E-state index in [-0.39, 0.29) is 11.5 Å². The van der Waals surface area contributed by atoms with Crippen molar-refractivity contribution in [2.24, 2.45) is 0 Å². The molecule has 5 nitrogen and oxygen atoms in total. The Bertz CT molecular complexity index is 1360. The number of nitrogens with zero attached hydrogens (tertiary/aromatic N) is 2. The van der Waals surface area contributed by atoms with E-state index in [0.29, 0.717) is 27.8 Å². The minimum atomic E-state index is -0.553. The summed E-state index contributed by atoms with van der Waals surface area (Å²) in [5.74, 6) is -0.732. The third kappa shape index (κ3) is 5.43. The summed E-state index contributed by atoms with van der Waals surface area (Å²) in [7, 11) is 0. The molecular weight excluding hydrogens is 478 g/mol. The summed E-state index contributed by atoms with van der Waals surface area (Å²) < 4.78 is 0. The van der Waals surface area contributed by atoms with Crippen LogP contribution in [0.15, 0.2) is 77.3 Å². The van der Waals surface area contributed by atoms with Gasteiger partial charge in [-0.1, -0.05) is 70.9 Å². The molecule has 2 amide bonds. The number of carbonyl (C=O) groups is 2. The molecule has 0 radical (unpaired) electrons. The number of aryl methyl sites for hydroxylation is 3. The minimum Gasteiger partial charge on any atom is -0.321 e. The van der Waals surface area contributed by atoms with Crippen molar-refractivity contribution in [2.45, 2.75) is 32.4 Å². The lowest BCUT2D eigenvalue weighted by Gasteiger charge is -2.19. The van der Waals surface area contributed by atoms with Crippen LogP contribution in [0.1, 0.15) is 22.3 Å². The quantitative estimate of drug-likeness (QED) is 0.327. The second kappa shape index (κ2) is 10.4. The molecule has 35 heavy (non-hydrogen) atoms. The van der Waals surface area contributed by atoms with E-state index in [9.17, 15) is 14.9 Å². The molecule has 1 fully saturated rings. The molecule has 0 aliphatic carbocycles. The fourth-order valence-corrected chi connectivity index (χ4v) is 5.24. The van der Waals surface area contributed by atoms with E-state index in [0.717, 1.165) is 22.3 Å². The molecule has 0 aromatic heterocycles. The summed E-state index contributed by atoms with van der Waals surface area (Å²) in [5.41, 5.74) is 5.07. The number of benzene rings is 3. The molecule has 0 saturated carbocycles. The molecule has 1 saturated heterocycles. The third-order valence-electron chi connectivity index (χ3n) is 5.76. The van der Waals surface area contributed by atoms with E-state index < -0.39 is 11.2 Å². The van der Waals surface area contributed by atoms with E-state index in [1.165, 1.54) is 16.7 Å². The Hall–Kier alpha value is -3.53. The molecular formula is C28H24ClN3O2S. The Balaban J connectivity index is 1.72. The van der Waals surface area contributed by atoms with Crippen LogP contribution in [0, 0.1) is 32.1 Å². The number of carbonyl (C=O) groups excluding carboxylic acids is 2. The zero-order valence-corrected chi connectivity index (χ0v) is 21.2. The highest BCUT2D eigenvalue weighted by atomic mass is 35.5. The van der Waals surface area contributed by atoms with Crippen molar-refractivity contribution in [3.8, 4) is 6.07 Å². The Labute approximate surface area is 214 Å². The van der Waals surface area contributed by atoms with Gasteiger partial charge < -0.3 is 5.32 Å². The summed E-state index contributed by atoms with van der Waals surface area (Å²) in [5, 5.41) is 13.2. The van der Waals surface area contributed by atoms with Crippen molar-refractivity contribution in [2.75, 3.05) is 10.2 Å². The highest BCUT2D eigenvalue weighted by molar-refractivity contribution is 8.05. The summed E-state index contributed by atoms with van der Waals surface area (Å²) in [6.45, 7) is 5.84. The molecule has 1 N–H and O–H groups in total. The number of nitriles is 1. The summed E-state index contributed by atoms with van der Waals surface area (Å²) in [4.78, 5) is 28.2. The zero-order chi connectivity index (χ0) is 25.1. The maximum atomic E-state index is 13.6. The van der Waals surface area contributed by atoms with Gasteiger partial charge in [-0.25, -0.2) is 0 Å². The fraction of sp³-hybridized carbons (Fsp3) is 0.179. The van der Waals surface area contributed by atoms with Crippen LogP contribution in [0.2, 0.25) is 5.02 Å². The maximum Gasteiger partial charge on any atom is 0.269 e. The number of anilines is 2. The van der Waals surface area contributed by atoms with Crippen LogP contribution in [0.4, 0.5) is 11.4 Å². The topological polar surface area (TPSA) is 73.2 Å². The normalized spacial score (nSPS) is 16.7. The SMILES string of the molecule is Cc1ccc(NC(=O)/C(C#N)=C2\S[C@H](Cc3ccc(C)c(Cl)c3)C(=O)N2c2ccc(C)cc2)cc1. The first kappa shape index (κ1) is 24.6. The van der Waals surface area contributed by atoms with E-state index in [2.05, 4.69) is 5.32 Å². The van der Waals surface area contributed by atoms with Gasteiger partial charge in [0.2, 0.25) is 5.91 Å². The van der Waals surface area contributed by atoms with Gasteiger partial charge in [-0.2, -0.15) is 5.26 Å². The van der Waals surface area contributed by atoms with Gasteiger partial charge in [-0.15, -0.1) is 0 Å². The van der Waals surface area contributed by atoms with Crippen LogP contribution in [-0.2, 0) is 16.0 Å². The molecule has 7 heteroatoms. The highest BCUT2D eigenvalue weighted by Crippen LogP contribution is 2.42. The van der Waals surface area contributed by atoms with Gasteiger partial charge in [-0.3, -0.25) is 14.5 Å². The molecule has 1 atom stereocenters. The molecule has 176 valence electrons. The van der Waals surface area contributed by atoms with E-state index in [1.807, 2.05) is 81.4 Å². The Kier molecular flexibility index (Phi) is 7.30. The lowest BCUT2D eigenvalue weighted by molar-refractivity contribution is -0.117.